The van der Waals surface area contributed by atoms with Crippen molar-refractivity contribution >= 4 is 5.84 Å². The molecule has 0 aromatic heterocycles. The summed E-state index contributed by atoms with van der Waals surface area (Å²) in [7, 11) is 1.87. The molecule has 0 aromatic rings. The zero-order chi connectivity index (χ0) is 20.6. The number of nitrogens with two attached hydrogens (primary N) is 2. The molecule has 4 N–H and O–H groups in total. The zero-order valence-electron chi connectivity index (χ0n) is 19.0. The van der Waals surface area contributed by atoms with E-state index >= 15 is 0 Å². The van der Waals surface area contributed by atoms with Crippen molar-refractivity contribution < 1.29 is 4.74 Å². The normalized spacial score (nSPS) is 44.7. The summed E-state index contributed by atoms with van der Waals surface area (Å²) in [5.74, 6) is 13.1. The minimum absolute atomic E-state index is 0.517. The molecule has 4 aliphatic rings. The summed E-state index contributed by atoms with van der Waals surface area (Å²) in [5.41, 5.74) is 6.20. The summed E-state index contributed by atoms with van der Waals surface area (Å²) < 4.78 is 5.48. The Bertz CT molecular complexity index is 591. The standard InChI is InChI=1S/C24H44N4O/c1-16(25)27-28(26)13-11-19-6-9-23-22-8-5-18-14-17(15-29-3)4-7-20(18)21(22)10-12-24(19,23)2/h17-23H,4-15,26H2,1-3H3,(H2,25,27). The lowest BCUT2D eigenvalue weighted by Gasteiger charge is -2.56. The molecule has 29 heavy (non-hydrogen) atoms. The number of hydrogen-bond donors (Lipinski definition) is 2. The third-order valence-corrected chi connectivity index (χ3v) is 9.65. The number of ether oxygens (including phenoxy) is 1. The molecule has 8 unspecified atom stereocenters. The molecule has 8 atom stereocenters. The van der Waals surface area contributed by atoms with Crippen LogP contribution in [0.15, 0.2) is 5.10 Å². The van der Waals surface area contributed by atoms with Crippen molar-refractivity contribution in [2.75, 3.05) is 20.3 Å². The van der Waals surface area contributed by atoms with Crippen LogP contribution < -0.4 is 11.6 Å². The van der Waals surface area contributed by atoms with Gasteiger partial charge >= 0.3 is 0 Å². The van der Waals surface area contributed by atoms with E-state index in [0.29, 0.717) is 11.3 Å². The SMILES string of the molecule is COCC1CCC2C(CCC3C2CCC2(C)C(CCN(N)/N=C(/C)N)CCC32)C1. The van der Waals surface area contributed by atoms with Crippen molar-refractivity contribution in [3.05, 3.63) is 0 Å². The average molecular weight is 405 g/mol. The van der Waals surface area contributed by atoms with Crippen molar-refractivity contribution in [1.29, 1.82) is 0 Å². The van der Waals surface area contributed by atoms with Crippen molar-refractivity contribution in [3.63, 3.8) is 0 Å². The first-order chi connectivity index (χ1) is 13.9. The van der Waals surface area contributed by atoms with Gasteiger partial charge in [0.15, 0.2) is 0 Å². The van der Waals surface area contributed by atoms with E-state index in [1.807, 2.05) is 7.11 Å². The molecular weight excluding hydrogens is 360 g/mol. The van der Waals surface area contributed by atoms with Crippen molar-refractivity contribution in [1.82, 2.24) is 5.12 Å². The summed E-state index contributed by atoms with van der Waals surface area (Å²) >= 11 is 0. The molecular formula is C24H44N4O. The van der Waals surface area contributed by atoms with Crippen LogP contribution in [-0.2, 0) is 4.74 Å². The van der Waals surface area contributed by atoms with Gasteiger partial charge in [0.1, 0.15) is 5.84 Å². The van der Waals surface area contributed by atoms with E-state index in [4.69, 9.17) is 16.3 Å². The lowest BCUT2D eigenvalue weighted by molar-refractivity contribution is -0.0729. The summed E-state index contributed by atoms with van der Waals surface area (Å²) in [4.78, 5) is 0. The molecule has 0 saturated heterocycles. The maximum absolute atomic E-state index is 6.03. The average Bonchev–Trinajstić information content (AvgIpc) is 3.02. The van der Waals surface area contributed by atoms with E-state index in [9.17, 15) is 0 Å². The summed E-state index contributed by atoms with van der Waals surface area (Å²) in [6, 6.07) is 0. The molecule has 0 aromatic carbocycles. The Morgan fingerprint density at radius 3 is 2.62 bits per heavy atom. The second-order valence-corrected chi connectivity index (χ2v) is 11.1. The van der Waals surface area contributed by atoms with E-state index in [1.165, 1.54) is 57.8 Å². The van der Waals surface area contributed by atoms with Crippen LogP contribution in [0.5, 0.6) is 0 Å². The molecule has 0 spiro atoms. The second-order valence-electron chi connectivity index (χ2n) is 11.1. The van der Waals surface area contributed by atoms with Gasteiger partial charge in [0.25, 0.3) is 0 Å². The summed E-state index contributed by atoms with van der Waals surface area (Å²) in [6.07, 6.45) is 14.1. The van der Waals surface area contributed by atoms with Gasteiger partial charge in [0.2, 0.25) is 0 Å². The van der Waals surface area contributed by atoms with Gasteiger partial charge < -0.3 is 10.5 Å². The van der Waals surface area contributed by atoms with Gasteiger partial charge in [-0.1, -0.05) is 6.92 Å². The fraction of sp³-hybridized carbons (Fsp3) is 0.958. The Balaban J connectivity index is 1.38. The minimum Gasteiger partial charge on any atom is -0.386 e. The Morgan fingerprint density at radius 2 is 1.86 bits per heavy atom. The molecule has 0 aliphatic heterocycles. The number of fused-ring (bicyclic) bond motifs is 5. The molecule has 0 bridgehead atoms. The molecule has 166 valence electrons. The highest BCUT2D eigenvalue weighted by Gasteiger charge is 2.56. The number of hydrogen-bond acceptors (Lipinski definition) is 4. The number of rotatable bonds is 6. The van der Waals surface area contributed by atoms with Gasteiger partial charge in [-0.25, -0.2) is 11.0 Å². The Hall–Kier alpha value is -0.810. The highest BCUT2D eigenvalue weighted by atomic mass is 16.5. The van der Waals surface area contributed by atoms with Crippen molar-refractivity contribution in [2.45, 2.75) is 78.1 Å². The number of hydrazone groups is 1. The smallest absolute Gasteiger partial charge is 0.118 e. The number of amidine groups is 1. The van der Waals surface area contributed by atoms with Crippen LogP contribution in [0.25, 0.3) is 0 Å². The first-order valence-electron chi connectivity index (χ1n) is 12.2. The molecule has 4 saturated carbocycles. The topological polar surface area (TPSA) is 76.9 Å². The maximum atomic E-state index is 6.03. The fourth-order valence-corrected chi connectivity index (χ4v) is 8.46. The lowest BCUT2D eigenvalue weighted by atomic mass is 9.49. The first kappa shape index (κ1) is 21.4. The van der Waals surface area contributed by atoms with Crippen LogP contribution in [0.2, 0.25) is 0 Å². The highest BCUT2D eigenvalue weighted by molar-refractivity contribution is 5.77. The number of hydrazine groups is 1. The van der Waals surface area contributed by atoms with Crippen LogP contribution >= 0.6 is 0 Å². The van der Waals surface area contributed by atoms with Gasteiger partial charge in [-0.2, -0.15) is 0 Å². The fourth-order valence-electron chi connectivity index (χ4n) is 8.46. The predicted octanol–water partition coefficient (Wildman–Crippen LogP) is 4.38. The van der Waals surface area contributed by atoms with Gasteiger partial charge in [0, 0.05) is 13.7 Å². The van der Waals surface area contributed by atoms with Crippen LogP contribution in [0, 0.1) is 46.8 Å². The summed E-state index contributed by atoms with van der Waals surface area (Å²) in [5, 5.41) is 5.75. The number of nitrogens with zero attached hydrogens (tertiary/aromatic N) is 2. The maximum Gasteiger partial charge on any atom is 0.118 e. The molecule has 4 aliphatic carbocycles. The van der Waals surface area contributed by atoms with Gasteiger partial charge in [-0.3, -0.25) is 0 Å². The predicted molar refractivity (Wildman–Crippen MR) is 119 cm³/mol. The van der Waals surface area contributed by atoms with Gasteiger partial charge in [-0.15, -0.1) is 5.10 Å². The van der Waals surface area contributed by atoms with Crippen molar-refractivity contribution in [2.24, 2.45) is 63.5 Å². The first-order valence-corrected chi connectivity index (χ1v) is 12.2. The van der Waals surface area contributed by atoms with E-state index in [0.717, 1.165) is 61.0 Å². The van der Waals surface area contributed by atoms with Gasteiger partial charge in [-0.05, 0) is 118 Å². The van der Waals surface area contributed by atoms with Crippen LogP contribution in [-0.4, -0.2) is 31.2 Å². The van der Waals surface area contributed by atoms with Crippen molar-refractivity contribution in [3.8, 4) is 0 Å². The molecule has 4 rings (SSSR count). The van der Waals surface area contributed by atoms with Crippen LogP contribution in [0.4, 0.5) is 0 Å². The van der Waals surface area contributed by atoms with Gasteiger partial charge in [0.05, 0.1) is 6.54 Å². The molecule has 0 amide bonds. The molecule has 4 fully saturated rings. The Labute approximate surface area is 177 Å². The summed E-state index contributed by atoms with van der Waals surface area (Å²) in [6.45, 7) is 6.21. The van der Waals surface area contributed by atoms with E-state index in [2.05, 4.69) is 12.0 Å². The highest BCUT2D eigenvalue weighted by Crippen LogP contribution is 2.64. The minimum atomic E-state index is 0.517. The largest absolute Gasteiger partial charge is 0.386 e. The molecule has 0 radical (unpaired) electrons. The third-order valence-electron chi connectivity index (χ3n) is 9.65. The molecule has 0 heterocycles. The lowest BCUT2D eigenvalue weighted by Crippen LogP contribution is -2.49. The van der Waals surface area contributed by atoms with E-state index in [1.54, 1.807) is 12.0 Å². The second kappa shape index (κ2) is 8.74. The van der Waals surface area contributed by atoms with E-state index < -0.39 is 0 Å². The zero-order valence-corrected chi connectivity index (χ0v) is 19.0. The Morgan fingerprint density at radius 1 is 1.07 bits per heavy atom. The molecule has 5 nitrogen and oxygen atoms in total. The third kappa shape index (κ3) is 4.19. The monoisotopic (exact) mass is 404 g/mol. The molecule has 5 heteroatoms. The quantitative estimate of drug-likeness (QED) is 0.298. The Kier molecular flexibility index (Phi) is 6.46. The van der Waals surface area contributed by atoms with Crippen LogP contribution in [0.1, 0.15) is 78.1 Å². The van der Waals surface area contributed by atoms with E-state index in [-0.39, 0.29) is 0 Å². The number of methoxy groups -OCH3 is 1. The van der Waals surface area contributed by atoms with Crippen LogP contribution in [0.3, 0.4) is 0 Å².